The Hall–Kier alpha value is -2.46. The van der Waals surface area contributed by atoms with Gasteiger partial charge in [-0.25, -0.2) is 8.42 Å². The van der Waals surface area contributed by atoms with Crippen molar-refractivity contribution in [2.24, 2.45) is 11.8 Å². The minimum absolute atomic E-state index is 0.0247. The van der Waals surface area contributed by atoms with Crippen molar-refractivity contribution < 1.29 is 22.8 Å². The molecule has 9 nitrogen and oxygen atoms in total. The molecule has 170 valence electrons. The Labute approximate surface area is 183 Å². The summed E-state index contributed by atoms with van der Waals surface area (Å²) in [6, 6.07) is 5.72. The number of hydrazine groups is 1. The smallest absolute Gasteiger partial charge is 0.269 e. The van der Waals surface area contributed by atoms with Crippen molar-refractivity contribution in [1.29, 1.82) is 0 Å². The van der Waals surface area contributed by atoms with E-state index in [4.69, 9.17) is 0 Å². The average Bonchev–Trinajstić information content (AvgIpc) is 3.63. The topological polar surface area (TPSA) is 116 Å². The lowest BCUT2D eigenvalue weighted by atomic mass is 9.97. The molecule has 1 saturated heterocycles. The van der Waals surface area contributed by atoms with Crippen LogP contribution >= 0.6 is 0 Å². The number of hydrogen-bond donors (Lipinski definition) is 2. The highest BCUT2D eigenvalue weighted by molar-refractivity contribution is 7.89. The maximum Gasteiger partial charge on any atom is 0.269 e. The van der Waals surface area contributed by atoms with Gasteiger partial charge in [0.25, 0.3) is 5.91 Å². The molecule has 0 spiro atoms. The lowest BCUT2D eigenvalue weighted by Crippen LogP contribution is -2.50. The second kappa shape index (κ2) is 9.78. The van der Waals surface area contributed by atoms with Crippen LogP contribution in [0.3, 0.4) is 0 Å². The van der Waals surface area contributed by atoms with Crippen molar-refractivity contribution in [3.63, 3.8) is 0 Å². The molecular weight excluding hydrogens is 420 g/mol. The van der Waals surface area contributed by atoms with Crippen LogP contribution in [0, 0.1) is 11.8 Å². The molecule has 2 N–H and O–H groups in total. The summed E-state index contributed by atoms with van der Waals surface area (Å²) >= 11 is 0. The highest BCUT2D eigenvalue weighted by atomic mass is 32.2. The van der Waals surface area contributed by atoms with Crippen molar-refractivity contribution in [3.05, 3.63) is 29.8 Å². The van der Waals surface area contributed by atoms with E-state index in [-0.39, 0.29) is 34.1 Å². The Kier molecular flexibility index (Phi) is 7.32. The number of likely N-dealkylation sites (tertiary alicyclic amines) is 1. The quantitative estimate of drug-likeness (QED) is 0.604. The Bertz CT molecular complexity index is 941. The monoisotopic (exact) mass is 450 g/mol. The number of carbonyl (C=O) groups excluding carboxylic acids is 3. The van der Waals surface area contributed by atoms with Crippen LogP contribution in [0.1, 0.15) is 49.9 Å². The van der Waals surface area contributed by atoms with Gasteiger partial charge in [-0.05, 0) is 43.9 Å². The molecule has 0 aromatic heterocycles. The fourth-order valence-electron chi connectivity index (χ4n) is 3.78. The van der Waals surface area contributed by atoms with Crippen molar-refractivity contribution in [3.8, 4) is 0 Å². The van der Waals surface area contributed by atoms with Crippen LogP contribution in [0.15, 0.2) is 29.2 Å². The third kappa shape index (κ3) is 5.43. The Morgan fingerprint density at radius 2 is 1.77 bits per heavy atom. The first-order chi connectivity index (χ1) is 14.8. The van der Waals surface area contributed by atoms with E-state index in [2.05, 4.69) is 10.9 Å². The largest absolute Gasteiger partial charge is 0.342 e. The van der Waals surface area contributed by atoms with Gasteiger partial charge >= 0.3 is 0 Å². The number of piperidine rings is 1. The van der Waals surface area contributed by atoms with Crippen LogP contribution in [0.5, 0.6) is 0 Å². The zero-order chi connectivity index (χ0) is 22.6. The number of hydrogen-bond acceptors (Lipinski definition) is 5. The standard InChI is InChI=1S/C21H30N4O5S/c1-3-25(4-2)31(29,30)18-9-5-7-16(13-18)19(26)22-23-20(27)17-8-6-12-24(14-17)21(28)15-10-11-15/h5,7,9,13,15,17H,3-4,6,8,10-12,14H2,1-2H3,(H,22,26)(H,23,27). The molecule has 1 aliphatic heterocycles. The number of carbonyl (C=O) groups is 3. The first-order valence-electron chi connectivity index (χ1n) is 10.8. The number of nitrogens with zero attached hydrogens (tertiary/aromatic N) is 2. The summed E-state index contributed by atoms with van der Waals surface area (Å²) in [5.41, 5.74) is 4.91. The first kappa shape index (κ1) is 23.2. The van der Waals surface area contributed by atoms with Crippen molar-refractivity contribution in [2.75, 3.05) is 26.2 Å². The number of benzene rings is 1. The first-order valence-corrected chi connectivity index (χ1v) is 12.2. The second-order valence-electron chi connectivity index (χ2n) is 7.96. The van der Waals surface area contributed by atoms with Gasteiger partial charge in [0, 0.05) is 37.7 Å². The van der Waals surface area contributed by atoms with Gasteiger partial charge < -0.3 is 4.90 Å². The van der Waals surface area contributed by atoms with Crippen LogP contribution in [0.25, 0.3) is 0 Å². The molecule has 0 radical (unpaired) electrons. The molecule has 0 bridgehead atoms. The van der Waals surface area contributed by atoms with E-state index in [1.54, 1.807) is 18.7 Å². The maximum absolute atomic E-state index is 12.7. The van der Waals surface area contributed by atoms with Crippen LogP contribution < -0.4 is 10.9 Å². The van der Waals surface area contributed by atoms with Gasteiger partial charge in [0.05, 0.1) is 10.8 Å². The molecule has 10 heteroatoms. The second-order valence-corrected chi connectivity index (χ2v) is 9.90. The highest BCUT2D eigenvalue weighted by Crippen LogP contribution is 2.32. The van der Waals surface area contributed by atoms with Gasteiger partial charge in [0.2, 0.25) is 21.8 Å². The molecule has 1 heterocycles. The normalized spacial score (nSPS) is 19.2. The Morgan fingerprint density at radius 1 is 1.06 bits per heavy atom. The number of nitrogens with one attached hydrogen (secondary N) is 2. The highest BCUT2D eigenvalue weighted by Gasteiger charge is 2.36. The zero-order valence-electron chi connectivity index (χ0n) is 18.0. The van der Waals surface area contributed by atoms with Gasteiger partial charge in [-0.1, -0.05) is 19.9 Å². The third-order valence-corrected chi connectivity index (χ3v) is 7.81. The molecule has 1 saturated carbocycles. The van der Waals surface area contributed by atoms with E-state index < -0.39 is 15.9 Å². The predicted molar refractivity (Wildman–Crippen MR) is 114 cm³/mol. The molecule has 2 aliphatic rings. The fourth-order valence-corrected chi connectivity index (χ4v) is 5.29. The summed E-state index contributed by atoms with van der Waals surface area (Å²) < 4.78 is 26.7. The number of amides is 3. The predicted octanol–water partition coefficient (Wildman–Crippen LogP) is 1.13. The fraction of sp³-hybridized carbons (Fsp3) is 0.571. The SMILES string of the molecule is CCN(CC)S(=O)(=O)c1cccc(C(=O)NNC(=O)C2CCCN(C(=O)C3CC3)C2)c1. The van der Waals surface area contributed by atoms with E-state index in [0.29, 0.717) is 32.6 Å². The third-order valence-electron chi connectivity index (χ3n) is 5.77. The van der Waals surface area contributed by atoms with Crippen LogP contribution in [0.4, 0.5) is 0 Å². The molecule has 3 amide bonds. The summed E-state index contributed by atoms with van der Waals surface area (Å²) in [6.45, 7) is 5.17. The number of rotatable bonds is 7. The number of sulfonamides is 1. The van der Waals surface area contributed by atoms with Crippen LogP contribution in [0.2, 0.25) is 0 Å². The minimum Gasteiger partial charge on any atom is -0.342 e. The molecule has 1 aromatic rings. The molecule has 1 aliphatic carbocycles. The Balaban J connectivity index is 1.59. The molecule has 1 atom stereocenters. The summed E-state index contributed by atoms with van der Waals surface area (Å²) in [5, 5.41) is 0. The van der Waals surface area contributed by atoms with E-state index in [1.165, 1.54) is 28.6 Å². The van der Waals surface area contributed by atoms with E-state index in [1.807, 2.05) is 0 Å². The summed E-state index contributed by atoms with van der Waals surface area (Å²) in [7, 11) is -3.69. The molecule has 2 fully saturated rings. The lowest BCUT2D eigenvalue weighted by molar-refractivity contribution is -0.137. The van der Waals surface area contributed by atoms with Crippen molar-refractivity contribution in [2.45, 2.75) is 44.4 Å². The maximum atomic E-state index is 12.7. The van der Waals surface area contributed by atoms with Gasteiger partial charge in [-0.2, -0.15) is 4.31 Å². The van der Waals surface area contributed by atoms with Gasteiger partial charge in [-0.3, -0.25) is 25.2 Å². The minimum atomic E-state index is -3.69. The summed E-state index contributed by atoms with van der Waals surface area (Å²) in [6.07, 6.45) is 3.24. The van der Waals surface area contributed by atoms with E-state index >= 15 is 0 Å². The van der Waals surface area contributed by atoms with Gasteiger partial charge in [0.15, 0.2) is 0 Å². The van der Waals surface area contributed by atoms with Crippen molar-refractivity contribution >= 4 is 27.7 Å². The van der Waals surface area contributed by atoms with Gasteiger partial charge in [0.1, 0.15) is 0 Å². The average molecular weight is 451 g/mol. The summed E-state index contributed by atoms with van der Waals surface area (Å²) in [4.78, 5) is 39.0. The van der Waals surface area contributed by atoms with Crippen LogP contribution in [-0.2, 0) is 19.6 Å². The molecule has 3 rings (SSSR count). The van der Waals surface area contributed by atoms with Crippen LogP contribution in [-0.4, -0.2) is 61.5 Å². The lowest BCUT2D eigenvalue weighted by Gasteiger charge is -2.32. The molecule has 1 aromatic carbocycles. The van der Waals surface area contributed by atoms with E-state index in [9.17, 15) is 22.8 Å². The van der Waals surface area contributed by atoms with E-state index in [0.717, 1.165) is 19.3 Å². The zero-order valence-corrected chi connectivity index (χ0v) is 18.8. The molecule has 1 unspecified atom stereocenters. The Morgan fingerprint density at radius 3 is 2.42 bits per heavy atom. The molecular formula is C21H30N4O5S. The van der Waals surface area contributed by atoms with Crippen molar-refractivity contribution in [1.82, 2.24) is 20.1 Å². The van der Waals surface area contributed by atoms with Gasteiger partial charge in [-0.15, -0.1) is 0 Å². The molecule has 31 heavy (non-hydrogen) atoms. The summed E-state index contributed by atoms with van der Waals surface area (Å²) in [5.74, 6) is -1.11.